The highest BCUT2D eigenvalue weighted by Gasteiger charge is 2.16. The average Bonchev–Trinajstić information content (AvgIpc) is 2.49. The maximum Gasteiger partial charge on any atom is 0.340 e. The number of halogens is 1. The Morgan fingerprint density at radius 2 is 2.00 bits per heavy atom. The molecule has 5 nitrogen and oxygen atoms in total. The maximum absolute atomic E-state index is 11.8. The minimum absolute atomic E-state index is 0.242. The molecule has 2 aromatic carbocycles. The van der Waals surface area contributed by atoms with E-state index in [1.165, 1.54) is 13.2 Å². The average molecular weight is 302 g/mol. The van der Waals surface area contributed by atoms with Gasteiger partial charge in [-0.15, -0.1) is 0 Å². The molecule has 0 heterocycles. The van der Waals surface area contributed by atoms with E-state index >= 15 is 0 Å². The van der Waals surface area contributed by atoms with Gasteiger partial charge in [-0.1, -0.05) is 11.6 Å². The number of hydrogen-bond donors (Lipinski definition) is 2. The van der Waals surface area contributed by atoms with E-state index in [2.05, 4.69) is 5.32 Å². The van der Waals surface area contributed by atoms with Gasteiger partial charge < -0.3 is 15.8 Å². The molecule has 0 saturated carbocycles. The van der Waals surface area contributed by atoms with Crippen LogP contribution in [0.2, 0.25) is 5.02 Å². The van der Waals surface area contributed by atoms with Crippen LogP contribution in [0.15, 0.2) is 36.4 Å². The van der Waals surface area contributed by atoms with Crippen LogP contribution in [0.3, 0.4) is 0 Å². The summed E-state index contributed by atoms with van der Waals surface area (Å²) < 4.78 is 4.72. The van der Waals surface area contributed by atoms with Gasteiger partial charge in [-0.25, -0.2) is 4.79 Å². The molecule has 21 heavy (non-hydrogen) atoms. The fraction of sp³-hybridized carbons (Fsp3) is 0.0667. The van der Waals surface area contributed by atoms with Gasteiger partial charge in [0.15, 0.2) is 0 Å². The van der Waals surface area contributed by atoms with E-state index in [9.17, 15) is 4.79 Å². The monoisotopic (exact) mass is 301 g/mol. The second kappa shape index (κ2) is 6.16. The number of carbonyl (C=O) groups excluding carboxylic acids is 1. The highest BCUT2D eigenvalue weighted by atomic mass is 35.5. The standard InChI is InChI=1S/C15H12ClN3O2/c1-21-15(20)12-6-10(18)7-13(16)14(12)19-11-4-2-9(8-17)3-5-11/h2-7,19H,18H2,1H3. The molecule has 3 N–H and O–H groups in total. The number of anilines is 3. The number of benzene rings is 2. The predicted octanol–water partition coefficient (Wildman–Crippen LogP) is 3.32. The van der Waals surface area contributed by atoms with Crippen molar-refractivity contribution in [2.75, 3.05) is 18.2 Å². The molecule has 0 fully saturated rings. The van der Waals surface area contributed by atoms with Gasteiger partial charge in [0.2, 0.25) is 0 Å². The van der Waals surface area contributed by atoms with Crippen LogP contribution in [0.1, 0.15) is 15.9 Å². The molecule has 2 aromatic rings. The molecule has 0 aromatic heterocycles. The number of carbonyl (C=O) groups is 1. The first-order valence-electron chi connectivity index (χ1n) is 5.99. The van der Waals surface area contributed by atoms with Crippen LogP contribution in [-0.4, -0.2) is 13.1 Å². The van der Waals surface area contributed by atoms with Crippen molar-refractivity contribution in [2.24, 2.45) is 0 Å². The van der Waals surface area contributed by atoms with Crippen LogP contribution < -0.4 is 11.1 Å². The SMILES string of the molecule is COC(=O)c1cc(N)cc(Cl)c1Nc1ccc(C#N)cc1. The van der Waals surface area contributed by atoms with Crippen LogP contribution in [0.25, 0.3) is 0 Å². The molecule has 0 aliphatic heterocycles. The molecule has 0 aliphatic rings. The van der Waals surface area contributed by atoms with Crippen molar-refractivity contribution in [3.05, 3.63) is 52.5 Å². The fourth-order valence-electron chi connectivity index (χ4n) is 1.80. The Balaban J connectivity index is 2.42. The van der Waals surface area contributed by atoms with Gasteiger partial charge in [0.1, 0.15) is 0 Å². The third-order valence-electron chi connectivity index (χ3n) is 2.80. The summed E-state index contributed by atoms with van der Waals surface area (Å²) in [6.07, 6.45) is 0. The first kappa shape index (κ1) is 14.7. The molecule has 0 spiro atoms. The zero-order chi connectivity index (χ0) is 15.4. The lowest BCUT2D eigenvalue weighted by molar-refractivity contribution is 0.0602. The molecule has 0 radical (unpaired) electrons. The quantitative estimate of drug-likeness (QED) is 0.670. The van der Waals surface area contributed by atoms with Crippen LogP contribution in [0.4, 0.5) is 17.1 Å². The summed E-state index contributed by atoms with van der Waals surface area (Å²) >= 11 is 6.14. The summed E-state index contributed by atoms with van der Waals surface area (Å²) in [5.74, 6) is -0.541. The molecular formula is C15H12ClN3O2. The largest absolute Gasteiger partial charge is 0.465 e. The number of esters is 1. The van der Waals surface area contributed by atoms with Gasteiger partial charge >= 0.3 is 5.97 Å². The molecule has 0 unspecified atom stereocenters. The van der Waals surface area contributed by atoms with Crippen LogP contribution in [0.5, 0.6) is 0 Å². The van der Waals surface area contributed by atoms with Crippen LogP contribution in [-0.2, 0) is 4.74 Å². The van der Waals surface area contributed by atoms with Gasteiger partial charge in [0, 0.05) is 11.4 Å². The molecule has 0 saturated heterocycles. The lowest BCUT2D eigenvalue weighted by Gasteiger charge is -2.13. The van der Waals surface area contributed by atoms with Gasteiger partial charge in [-0.3, -0.25) is 0 Å². The molecule has 0 amide bonds. The second-order valence-electron chi connectivity index (χ2n) is 4.23. The number of nitrogens with two attached hydrogens (primary N) is 1. The molecule has 0 aliphatic carbocycles. The number of hydrogen-bond acceptors (Lipinski definition) is 5. The number of ether oxygens (including phenoxy) is 1. The Labute approximate surface area is 126 Å². The summed E-state index contributed by atoms with van der Waals surface area (Å²) in [7, 11) is 1.28. The Bertz CT molecular complexity index is 721. The Morgan fingerprint density at radius 3 is 2.57 bits per heavy atom. The molecular weight excluding hydrogens is 290 g/mol. The number of nitriles is 1. The van der Waals surface area contributed by atoms with Crippen molar-refractivity contribution < 1.29 is 9.53 Å². The van der Waals surface area contributed by atoms with E-state index in [0.717, 1.165) is 0 Å². The Morgan fingerprint density at radius 1 is 1.33 bits per heavy atom. The minimum Gasteiger partial charge on any atom is -0.465 e. The van der Waals surface area contributed by atoms with Crippen molar-refractivity contribution in [3.8, 4) is 6.07 Å². The van der Waals surface area contributed by atoms with E-state index in [1.807, 2.05) is 6.07 Å². The van der Waals surface area contributed by atoms with E-state index in [4.69, 9.17) is 27.3 Å². The highest BCUT2D eigenvalue weighted by molar-refractivity contribution is 6.34. The van der Waals surface area contributed by atoms with Gasteiger partial charge in [-0.2, -0.15) is 5.26 Å². The summed E-state index contributed by atoms with van der Waals surface area (Å²) in [6.45, 7) is 0. The topological polar surface area (TPSA) is 88.1 Å². The second-order valence-corrected chi connectivity index (χ2v) is 4.64. The normalized spacial score (nSPS) is 9.76. The first-order chi connectivity index (χ1) is 10.0. The van der Waals surface area contributed by atoms with Crippen molar-refractivity contribution in [1.82, 2.24) is 0 Å². The van der Waals surface area contributed by atoms with E-state index in [1.54, 1.807) is 30.3 Å². The number of methoxy groups -OCH3 is 1. The summed E-state index contributed by atoms with van der Waals surface area (Å²) in [5.41, 5.74) is 7.93. The smallest absolute Gasteiger partial charge is 0.340 e. The number of nitrogen functional groups attached to an aromatic ring is 1. The van der Waals surface area contributed by atoms with Gasteiger partial charge in [0.25, 0.3) is 0 Å². The van der Waals surface area contributed by atoms with Crippen molar-refractivity contribution >= 4 is 34.6 Å². The van der Waals surface area contributed by atoms with Crippen molar-refractivity contribution in [2.45, 2.75) is 0 Å². The summed E-state index contributed by atoms with van der Waals surface area (Å²) in [5, 5.41) is 12.1. The molecule has 2 rings (SSSR count). The maximum atomic E-state index is 11.8. The van der Waals surface area contributed by atoms with Crippen LogP contribution in [0, 0.1) is 11.3 Å². The van der Waals surface area contributed by atoms with Crippen molar-refractivity contribution in [3.63, 3.8) is 0 Å². The van der Waals surface area contributed by atoms with Gasteiger partial charge in [-0.05, 0) is 36.4 Å². The third kappa shape index (κ3) is 3.25. The predicted molar refractivity (Wildman–Crippen MR) is 81.6 cm³/mol. The van der Waals surface area contributed by atoms with Crippen LogP contribution >= 0.6 is 11.6 Å². The Kier molecular flexibility index (Phi) is 4.31. The number of nitrogens with zero attached hydrogens (tertiary/aromatic N) is 1. The zero-order valence-corrected chi connectivity index (χ0v) is 11.9. The fourth-order valence-corrected chi connectivity index (χ4v) is 2.07. The lowest BCUT2D eigenvalue weighted by atomic mass is 10.1. The molecule has 106 valence electrons. The van der Waals surface area contributed by atoms with E-state index in [-0.39, 0.29) is 5.56 Å². The Hall–Kier alpha value is -2.71. The summed E-state index contributed by atoms with van der Waals surface area (Å²) in [6, 6.07) is 11.8. The lowest BCUT2D eigenvalue weighted by Crippen LogP contribution is -2.07. The minimum atomic E-state index is -0.541. The highest BCUT2D eigenvalue weighted by Crippen LogP contribution is 2.32. The van der Waals surface area contributed by atoms with Crippen molar-refractivity contribution in [1.29, 1.82) is 5.26 Å². The first-order valence-corrected chi connectivity index (χ1v) is 6.37. The van der Waals surface area contributed by atoms with E-state index < -0.39 is 5.97 Å². The molecule has 6 heteroatoms. The molecule has 0 bridgehead atoms. The third-order valence-corrected chi connectivity index (χ3v) is 3.10. The van der Waals surface area contributed by atoms with E-state index in [0.29, 0.717) is 27.6 Å². The molecule has 0 atom stereocenters. The number of rotatable bonds is 3. The van der Waals surface area contributed by atoms with Gasteiger partial charge in [0.05, 0.1) is 35.0 Å². The number of nitrogens with one attached hydrogen (secondary N) is 1. The zero-order valence-electron chi connectivity index (χ0n) is 11.2. The summed E-state index contributed by atoms with van der Waals surface area (Å²) in [4.78, 5) is 11.8.